The molecule has 30 heavy (non-hydrogen) atoms. The second-order valence-electron chi connectivity index (χ2n) is 7.28. The van der Waals surface area contributed by atoms with E-state index in [4.69, 9.17) is 4.74 Å². The Kier molecular flexibility index (Phi) is 4.81. The van der Waals surface area contributed by atoms with Gasteiger partial charge in [-0.15, -0.1) is 0 Å². The van der Waals surface area contributed by atoms with E-state index in [1.165, 1.54) is 4.31 Å². The molecule has 5 rings (SSSR count). The molecule has 0 radical (unpaired) electrons. The lowest BCUT2D eigenvalue weighted by atomic mass is 10.1. The van der Waals surface area contributed by atoms with Crippen molar-refractivity contribution in [2.75, 3.05) is 32.8 Å². The topological polar surface area (TPSA) is 111 Å². The average molecular weight is 449 g/mol. The van der Waals surface area contributed by atoms with E-state index in [0.29, 0.717) is 61.6 Å². The molecule has 0 unspecified atom stereocenters. The van der Waals surface area contributed by atoms with E-state index in [0.717, 1.165) is 17.4 Å². The number of aromatic nitrogens is 4. The maximum Gasteiger partial charge on any atom is 0.274 e. The number of hydrogen-bond acceptors (Lipinski definition) is 8. The lowest BCUT2D eigenvalue weighted by Crippen LogP contribution is -2.42. The fraction of sp³-hybridized carbons (Fsp3) is 0.444. The third-order valence-electron chi connectivity index (χ3n) is 5.57. The maximum atomic E-state index is 13.4. The molecule has 1 aromatic carbocycles. The van der Waals surface area contributed by atoms with Crippen molar-refractivity contribution in [2.24, 2.45) is 7.05 Å². The third kappa shape index (κ3) is 3.11. The lowest BCUT2D eigenvalue weighted by Gasteiger charge is -2.29. The van der Waals surface area contributed by atoms with Gasteiger partial charge in [-0.25, -0.2) is 8.42 Å². The Morgan fingerprint density at radius 3 is 2.77 bits per heavy atom. The highest BCUT2D eigenvalue weighted by atomic mass is 32.2. The van der Waals surface area contributed by atoms with E-state index >= 15 is 0 Å². The quantitative estimate of drug-likeness (QED) is 0.578. The van der Waals surface area contributed by atoms with Crippen LogP contribution in [0.5, 0.6) is 0 Å². The molecule has 1 saturated heterocycles. The van der Waals surface area contributed by atoms with Gasteiger partial charge in [-0.3, -0.25) is 9.48 Å². The van der Waals surface area contributed by atoms with E-state index < -0.39 is 10.0 Å². The normalized spacial score (nSPS) is 18.0. The zero-order valence-corrected chi connectivity index (χ0v) is 17.9. The van der Waals surface area contributed by atoms with E-state index in [1.54, 1.807) is 34.8 Å². The van der Waals surface area contributed by atoms with Crippen LogP contribution in [-0.2, 0) is 34.8 Å². The van der Waals surface area contributed by atoms with Crippen molar-refractivity contribution < 1.29 is 17.9 Å². The van der Waals surface area contributed by atoms with E-state index in [1.807, 2.05) is 0 Å². The molecule has 1 amide bonds. The number of aryl methyl sites for hydroxylation is 1. The second-order valence-corrected chi connectivity index (χ2v) is 9.71. The number of carbonyl (C=O) groups is 1. The SMILES string of the molecule is Cn1nc(C(=O)N2CCOCC2)c2c1CCN(S(=O)(=O)c1cccc3nsnc13)C2. The number of hydrogen-bond donors (Lipinski definition) is 0. The van der Waals surface area contributed by atoms with E-state index in [2.05, 4.69) is 13.8 Å². The van der Waals surface area contributed by atoms with Crippen LogP contribution in [0.15, 0.2) is 23.1 Å². The molecule has 2 aliphatic heterocycles. The summed E-state index contributed by atoms with van der Waals surface area (Å²) in [5, 5.41) is 4.44. The minimum Gasteiger partial charge on any atom is -0.378 e. The monoisotopic (exact) mass is 448 g/mol. The Morgan fingerprint density at radius 1 is 1.17 bits per heavy atom. The van der Waals surface area contributed by atoms with Gasteiger partial charge in [0, 0.05) is 50.9 Å². The Bertz CT molecular complexity index is 1230. The minimum atomic E-state index is -3.80. The summed E-state index contributed by atoms with van der Waals surface area (Å²) in [4.78, 5) is 14.9. The summed E-state index contributed by atoms with van der Waals surface area (Å²) in [6.45, 7) is 2.41. The van der Waals surface area contributed by atoms with Gasteiger partial charge in [0.15, 0.2) is 5.69 Å². The van der Waals surface area contributed by atoms with Crippen molar-refractivity contribution >= 4 is 38.7 Å². The van der Waals surface area contributed by atoms with Crippen LogP contribution < -0.4 is 0 Å². The molecule has 4 heterocycles. The molecule has 2 aliphatic rings. The zero-order chi connectivity index (χ0) is 20.9. The Balaban J connectivity index is 1.50. The van der Waals surface area contributed by atoms with Gasteiger partial charge in [0.1, 0.15) is 15.9 Å². The fourth-order valence-electron chi connectivity index (χ4n) is 3.99. The summed E-state index contributed by atoms with van der Waals surface area (Å²) in [7, 11) is -2.01. The van der Waals surface area contributed by atoms with Crippen molar-refractivity contribution in [1.82, 2.24) is 27.7 Å². The molecular formula is C18H20N6O4S2. The van der Waals surface area contributed by atoms with Gasteiger partial charge in [0.25, 0.3) is 5.91 Å². The average Bonchev–Trinajstić information content (AvgIpc) is 3.38. The number of benzene rings is 1. The molecule has 10 nitrogen and oxygen atoms in total. The zero-order valence-electron chi connectivity index (χ0n) is 16.3. The number of ether oxygens (including phenoxy) is 1. The molecule has 0 N–H and O–H groups in total. The number of nitrogens with zero attached hydrogens (tertiary/aromatic N) is 6. The van der Waals surface area contributed by atoms with E-state index in [9.17, 15) is 13.2 Å². The molecule has 1 fully saturated rings. The third-order valence-corrected chi connectivity index (χ3v) is 7.99. The number of fused-ring (bicyclic) bond motifs is 2. The van der Waals surface area contributed by atoms with Crippen LogP contribution in [0.25, 0.3) is 11.0 Å². The van der Waals surface area contributed by atoms with Gasteiger partial charge in [-0.2, -0.15) is 18.2 Å². The van der Waals surface area contributed by atoms with E-state index in [-0.39, 0.29) is 17.3 Å². The van der Waals surface area contributed by atoms with Crippen LogP contribution in [-0.4, -0.2) is 74.9 Å². The molecular weight excluding hydrogens is 428 g/mol. The maximum absolute atomic E-state index is 13.4. The summed E-state index contributed by atoms with van der Waals surface area (Å²) in [5.41, 5.74) is 2.83. The molecule has 0 bridgehead atoms. The number of rotatable bonds is 3. The minimum absolute atomic E-state index is 0.102. The first-order chi connectivity index (χ1) is 14.5. The summed E-state index contributed by atoms with van der Waals surface area (Å²) in [6, 6.07) is 4.97. The molecule has 0 saturated carbocycles. The van der Waals surface area contributed by atoms with Crippen LogP contribution in [0.1, 0.15) is 21.7 Å². The van der Waals surface area contributed by atoms with Gasteiger partial charge in [0.2, 0.25) is 10.0 Å². The first-order valence-electron chi connectivity index (χ1n) is 9.60. The van der Waals surface area contributed by atoms with Crippen LogP contribution in [0.2, 0.25) is 0 Å². The predicted octanol–water partition coefficient (Wildman–Crippen LogP) is 0.644. The highest BCUT2D eigenvalue weighted by Crippen LogP contribution is 2.30. The summed E-state index contributed by atoms with van der Waals surface area (Å²) in [6.07, 6.45) is 0.486. The highest BCUT2D eigenvalue weighted by Gasteiger charge is 2.36. The van der Waals surface area contributed by atoms with Gasteiger partial charge in [0.05, 0.1) is 24.9 Å². The molecule has 2 aromatic heterocycles. The van der Waals surface area contributed by atoms with Crippen molar-refractivity contribution in [1.29, 1.82) is 0 Å². The number of morpholine rings is 1. The van der Waals surface area contributed by atoms with Crippen molar-refractivity contribution in [3.05, 3.63) is 35.2 Å². The van der Waals surface area contributed by atoms with Gasteiger partial charge in [-0.1, -0.05) is 6.07 Å². The molecule has 3 aromatic rings. The molecule has 12 heteroatoms. The van der Waals surface area contributed by atoms with Crippen molar-refractivity contribution in [3.8, 4) is 0 Å². The highest BCUT2D eigenvalue weighted by molar-refractivity contribution is 7.89. The summed E-state index contributed by atoms with van der Waals surface area (Å²) in [5.74, 6) is -0.180. The second kappa shape index (κ2) is 7.38. The summed E-state index contributed by atoms with van der Waals surface area (Å²) < 4.78 is 43.6. The van der Waals surface area contributed by atoms with Crippen LogP contribution in [0, 0.1) is 0 Å². The van der Waals surface area contributed by atoms with Crippen LogP contribution in [0.3, 0.4) is 0 Å². The first-order valence-corrected chi connectivity index (χ1v) is 11.8. The molecule has 0 aliphatic carbocycles. The Morgan fingerprint density at radius 2 is 1.97 bits per heavy atom. The molecule has 158 valence electrons. The van der Waals surface area contributed by atoms with Crippen molar-refractivity contribution in [3.63, 3.8) is 0 Å². The number of sulfonamides is 1. The van der Waals surface area contributed by atoms with Gasteiger partial charge >= 0.3 is 0 Å². The fourth-order valence-corrected chi connectivity index (χ4v) is 6.15. The number of carbonyl (C=O) groups excluding carboxylic acids is 1. The molecule has 0 spiro atoms. The lowest BCUT2D eigenvalue weighted by molar-refractivity contribution is 0.0297. The largest absolute Gasteiger partial charge is 0.378 e. The molecule has 0 atom stereocenters. The van der Waals surface area contributed by atoms with Gasteiger partial charge in [-0.05, 0) is 12.1 Å². The Labute approximate surface area is 177 Å². The smallest absolute Gasteiger partial charge is 0.274 e. The summed E-state index contributed by atoms with van der Waals surface area (Å²) >= 11 is 0.987. The first kappa shape index (κ1) is 19.5. The predicted molar refractivity (Wildman–Crippen MR) is 109 cm³/mol. The van der Waals surface area contributed by atoms with Crippen LogP contribution >= 0.6 is 11.7 Å². The Hall–Kier alpha value is -2.41. The number of amides is 1. The van der Waals surface area contributed by atoms with Crippen LogP contribution in [0.4, 0.5) is 0 Å². The standard InChI is InChI=1S/C18H20N6O4S2/c1-22-14-5-6-24(30(26,27)15-4-2-3-13-17(15)21-29-20-13)11-12(14)16(19-22)18(25)23-7-9-28-10-8-23/h2-4H,5-11H2,1H3. The van der Waals surface area contributed by atoms with Crippen molar-refractivity contribution in [2.45, 2.75) is 17.9 Å². The van der Waals surface area contributed by atoms with Gasteiger partial charge < -0.3 is 9.64 Å².